The van der Waals surface area contributed by atoms with E-state index in [4.69, 9.17) is 25.7 Å². The van der Waals surface area contributed by atoms with Crippen LogP contribution >= 0.6 is 0 Å². The molecule has 294 valence electrons. The second kappa shape index (κ2) is 16.4. The fourth-order valence-corrected chi connectivity index (χ4v) is 9.43. The first kappa shape index (κ1) is 39.0. The molecule has 1 unspecified atom stereocenters. The number of benzene rings is 1. The van der Waals surface area contributed by atoms with Crippen LogP contribution in [0, 0.1) is 11.8 Å². The third-order valence-electron chi connectivity index (χ3n) is 12.1. The molecule has 6 N–H and O–H groups in total. The Hall–Kier alpha value is -4.66. The van der Waals surface area contributed by atoms with E-state index in [0.717, 1.165) is 44.4 Å². The second-order valence-corrected chi connectivity index (χ2v) is 15.6. The molecule has 2 saturated heterocycles. The number of likely N-dealkylation sites (N-methyl/N-ethyl adjacent to an activating group) is 1. The van der Waals surface area contributed by atoms with Crippen LogP contribution in [-0.4, -0.2) is 110 Å². The number of aliphatic imine (C=N–C) groups is 1. The van der Waals surface area contributed by atoms with E-state index in [1.54, 1.807) is 12.0 Å². The number of methoxy groups -OCH3 is 1. The van der Waals surface area contributed by atoms with E-state index in [-0.39, 0.29) is 60.8 Å². The Morgan fingerprint density at radius 2 is 1.94 bits per heavy atom. The molecule has 0 aromatic heterocycles. The first-order chi connectivity index (χ1) is 25.8. The summed E-state index contributed by atoms with van der Waals surface area (Å²) < 4.78 is 18.8. The normalized spacial score (nSPS) is 26.2. The molecule has 3 aliphatic heterocycles. The Labute approximate surface area is 316 Å². The Morgan fingerprint density at radius 3 is 2.69 bits per heavy atom. The number of hydrogen-bond acceptors (Lipinski definition) is 10. The monoisotopic (exact) mass is 749 g/mol. The zero-order valence-corrected chi connectivity index (χ0v) is 31.9. The van der Waals surface area contributed by atoms with Gasteiger partial charge in [-0.1, -0.05) is 6.07 Å². The van der Waals surface area contributed by atoms with Crippen LogP contribution < -0.4 is 31.6 Å². The average Bonchev–Trinajstić information content (AvgIpc) is 3.49. The maximum Gasteiger partial charge on any atom is 0.415 e. The number of nitrogens with one attached hydrogen (secondary N) is 2. The van der Waals surface area contributed by atoms with E-state index in [1.165, 1.54) is 25.0 Å². The van der Waals surface area contributed by atoms with Gasteiger partial charge in [0.25, 0.3) is 0 Å². The van der Waals surface area contributed by atoms with E-state index in [0.29, 0.717) is 49.3 Å². The fraction of sp³-hybridized carbons (Fsp3) is 0.641. The summed E-state index contributed by atoms with van der Waals surface area (Å²) in [7, 11) is 3.84. The number of nitrogens with two attached hydrogens (primary N) is 2. The number of hydrogen-bond donors (Lipinski definition) is 4. The van der Waals surface area contributed by atoms with Crippen molar-refractivity contribution in [2.75, 3.05) is 40.3 Å². The van der Waals surface area contributed by atoms with Gasteiger partial charge in [-0.25, -0.2) is 4.79 Å². The number of ketones is 2. The molecule has 15 heteroatoms. The van der Waals surface area contributed by atoms with Crippen molar-refractivity contribution >= 4 is 35.4 Å². The number of allylic oxidation sites excluding steroid dienone is 1. The molecule has 2 aliphatic carbocycles. The van der Waals surface area contributed by atoms with Crippen molar-refractivity contribution in [3.8, 4) is 11.5 Å². The van der Waals surface area contributed by atoms with Crippen LogP contribution in [0.1, 0.15) is 82.8 Å². The number of likely N-dealkylation sites (tertiary alicyclic amines) is 2. The van der Waals surface area contributed by atoms with Crippen molar-refractivity contribution in [2.24, 2.45) is 28.3 Å². The molecule has 0 radical (unpaired) electrons. The molecule has 2 fully saturated rings. The first-order valence-corrected chi connectivity index (χ1v) is 19.2. The van der Waals surface area contributed by atoms with Crippen molar-refractivity contribution in [1.29, 1.82) is 0 Å². The molecular weight excluding hydrogens is 694 g/mol. The van der Waals surface area contributed by atoms with Crippen LogP contribution in [0.4, 0.5) is 4.79 Å². The van der Waals surface area contributed by atoms with Crippen molar-refractivity contribution in [3.63, 3.8) is 0 Å². The van der Waals surface area contributed by atoms with Crippen LogP contribution in [0.15, 0.2) is 29.0 Å². The number of ether oxygens (including phenoxy) is 3. The van der Waals surface area contributed by atoms with Crippen LogP contribution in [-0.2, 0) is 35.8 Å². The maximum absolute atomic E-state index is 14.1. The highest BCUT2D eigenvalue weighted by molar-refractivity contribution is 5.99. The lowest BCUT2D eigenvalue weighted by Gasteiger charge is -2.56. The smallest absolute Gasteiger partial charge is 0.415 e. The Kier molecular flexibility index (Phi) is 11.8. The van der Waals surface area contributed by atoms with Gasteiger partial charge in [-0.05, 0) is 102 Å². The number of rotatable bonds is 15. The van der Waals surface area contributed by atoms with Crippen LogP contribution in [0.2, 0.25) is 0 Å². The molecule has 6 rings (SSSR count). The first-order valence-electron chi connectivity index (χ1n) is 19.2. The number of piperidine rings is 2. The van der Waals surface area contributed by atoms with Gasteiger partial charge in [-0.15, -0.1) is 0 Å². The summed E-state index contributed by atoms with van der Waals surface area (Å²) in [4.78, 5) is 72.4. The summed E-state index contributed by atoms with van der Waals surface area (Å²) in [5.74, 6) is -0.0329. The van der Waals surface area contributed by atoms with E-state index >= 15 is 0 Å². The van der Waals surface area contributed by atoms with Crippen LogP contribution in [0.25, 0.3) is 0 Å². The zero-order chi connectivity index (χ0) is 38.7. The maximum atomic E-state index is 14.1. The Balaban J connectivity index is 1.13. The summed E-state index contributed by atoms with van der Waals surface area (Å²) in [5, 5.41) is 5.54. The topological polar surface area (TPSA) is 208 Å². The largest absolute Gasteiger partial charge is 0.493 e. The van der Waals surface area contributed by atoms with Gasteiger partial charge in [0.05, 0.1) is 25.6 Å². The summed E-state index contributed by atoms with van der Waals surface area (Å²) in [6.07, 6.45) is 6.40. The molecule has 0 saturated carbocycles. The molecular formula is C39H55N7O8. The van der Waals surface area contributed by atoms with E-state index < -0.39 is 30.1 Å². The van der Waals surface area contributed by atoms with Gasteiger partial charge in [0.2, 0.25) is 11.8 Å². The highest BCUT2D eigenvalue weighted by Crippen LogP contribution is 2.63. The number of amides is 3. The summed E-state index contributed by atoms with van der Waals surface area (Å²) in [6, 6.07) is 3.29. The summed E-state index contributed by atoms with van der Waals surface area (Å²) >= 11 is 0. The van der Waals surface area contributed by atoms with Crippen LogP contribution in [0.5, 0.6) is 11.5 Å². The standard InChI is InChI=1S/C39H55N7O8/c1-22(47)18-32(49)44-23(2)29(48)20-25(8-7-15-42-37(40)41)36(50)43-21-26-9-5-6-16-46(26)38(51)53-31-13-11-27-28-19-24-10-12-30(52-4)34-33(24)39(27,35(31)54-34)14-17-45(28)3/h10,12-13,23,25-28,35H,5-9,11,14-21H2,1-4H3,(H,43,50)(H,44,49)(H4,40,41,42)/t23-,25+,26+,27?,28+,35-,39-/m0/s1. The lowest BCUT2D eigenvalue weighted by Crippen LogP contribution is -2.63. The van der Waals surface area contributed by atoms with Gasteiger partial charge in [0.1, 0.15) is 11.5 Å². The zero-order valence-electron chi connectivity index (χ0n) is 31.9. The molecule has 3 heterocycles. The van der Waals surface area contributed by atoms with Gasteiger partial charge >= 0.3 is 6.09 Å². The third-order valence-corrected chi connectivity index (χ3v) is 12.1. The number of carbonyl (C=O) groups excluding carboxylic acids is 5. The molecule has 3 amide bonds. The van der Waals surface area contributed by atoms with Gasteiger partial charge in [-0.3, -0.25) is 24.2 Å². The predicted octanol–water partition coefficient (Wildman–Crippen LogP) is 2.08. The minimum absolute atomic E-state index is 0.0654. The quantitative estimate of drug-likeness (QED) is 0.0884. The minimum Gasteiger partial charge on any atom is -0.493 e. The van der Waals surface area contributed by atoms with Gasteiger partial charge in [-0.2, -0.15) is 0 Å². The highest BCUT2D eigenvalue weighted by Gasteiger charge is 2.65. The SMILES string of the molecule is COc1ccc2c3c1O[C@H]1C(OC(=O)N4CCCC[C@@H]4CNC(=O)[C@H](CCCN=C(N)N)CC(=O)[C@H](C)NC(=O)CC(C)=O)=CCC4[C@@H](C2)N(C)CC[C@@]341. The molecule has 1 aromatic carbocycles. The van der Waals surface area contributed by atoms with E-state index in [2.05, 4.69) is 33.6 Å². The van der Waals surface area contributed by atoms with E-state index in [1.807, 2.05) is 12.1 Å². The van der Waals surface area contributed by atoms with Crippen molar-refractivity contribution in [3.05, 3.63) is 35.1 Å². The number of guanidine groups is 1. The molecule has 5 aliphatic rings. The van der Waals surface area contributed by atoms with Gasteiger partial charge in [0, 0.05) is 49.0 Å². The summed E-state index contributed by atoms with van der Waals surface area (Å²) in [5.41, 5.74) is 13.1. The minimum atomic E-state index is -0.879. The number of nitrogens with zero attached hydrogens (tertiary/aromatic N) is 3. The molecule has 15 nitrogen and oxygen atoms in total. The van der Waals surface area contributed by atoms with Crippen molar-refractivity contribution < 1.29 is 38.2 Å². The third kappa shape index (κ3) is 7.78. The molecule has 1 spiro atoms. The molecule has 7 atom stereocenters. The molecule has 54 heavy (non-hydrogen) atoms. The molecule has 1 aromatic rings. The fourth-order valence-electron chi connectivity index (χ4n) is 9.43. The lowest BCUT2D eigenvalue weighted by atomic mass is 9.53. The average molecular weight is 750 g/mol. The van der Waals surface area contributed by atoms with E-state index in [9.17, 15) is 24.0 Å². The number of carbonyl (C=O) groups is 5. The highest BCUT2D eigenvalue weighted by atomic mass is 16.6. The van der Waals surface area contributed by atoms with Gasteiger partial charge < -0.3 is 46.1 Å². The Bertz CT molecular complexity index is 1710. The van der Waals surface area contributed by atoms with Crippen LogP contribution in [0.3, 0.4) is 0 Å². The second-order valence-electron chi connectivity index (χ2n) is 15.6. The van der Waals surface area contributed by atoms with Crippen molar-refractivity contribution in [2.45, 2.75) is 108 Å². The van der Waals surface area contributed by atoms with Gasteiger partial charge in [0.15, 0.2) is 29.3 Å². The lowest BCUT2D eigenvalue weighted by molar-refractivity contribution is -0.132. The number of Topliss-reactive ketones (excluding diaryl/α,β-unsaturated/α-hetero) is 2. The summed E-state index contributed by atoms with van der Waals surface area (Å²) in [6.45, 7) is 4.70. The molecule has 2 bridgehead atoms. The predicted molar refractivity (Wildman–Crippen MR) is 200 cm³/mol. The Morgan fingerprint density at radius 1 is 1.15 bits per heavy atom. The van der Waals surface area contributed by atoms with Crippen molar-refractivity contribution in [1.82, 2.24) is 20.4 Å².